The molecule has 0 spiro atoms. The second-order valence-corrected chi connectivity index (χ2v) is 8.60. The molecule has 0 aliphatic carbocycles. The molecule has 2 N–H and O–H groups in total. The van der Waals surface area contributed by atoms with Crippen molar-refractivity contribution < 1.29 is 18.6 Å². The summed E-state index contributed by atoms with van der Waals surface area (Å²) in [4.78, 5) is 2.26. The topological polar surface area (TPSA) is 44.7 Å². The lowest BCUT2D eigenvalue weighted by Crippen LogP contribution is -2.42. The molecule has 0 saturated carbocycles. The van der Waals surface area contributed by atoms with Crippen LogP contribution in [0.5, 0.6) is 5.75 Å². The van der Waals surface area contributed by atoms with E-state index >= 15 is 0 Å². The van der Waals surface area contributed by atoms with Gasteiger partial charge in [0.05, 0.1) is 6.04 Å². The fourth-order valence-electron chi connectivity index (χ4n) is 4.40. The first-order valence-corrected chi connectivity index (χ1v) is 11.4. The van der Waals surface area contributed by atoms with Gasteiger partial charge in [-0.05, 0) is 85.9 Å². The lowest BCUT2D eigenvalue weighted by atomic mass is 9.85. The van der Waals surface area contributed by atoms with Crippen molar-refractivity contribution in [3.05, 3.63) is 96.1 Å². The van der Waals surface area contributed by atoms with Crippen LogP contribution in [-0.4, -0.2) is 42.4 Å². The van der Waals surface area contributed by atoms with E-state index < -0.39 is 6.10 Å². The molecule has 4 rings (SSSR count). The standard InChI is InChI=1S/C27H30F2N2O2.2ClH/c28-22-8-6-20(7-9-22)27(30-24-12-10-23(29)11-13-24)21-14-16-31(17-15-21)18-25(32)19-33-26-4-2-1-3-5-26;;/h1-13,21,25,27,30,32H,14-19H2;2*1H. The van der Waals surface area contributed by atoms with Gasteiger partial charge in [0.15, 0.2) is 0 Å². The van der Waals surface area contributed by atoms with Gasteiger partial charge >= 0.3 is 0 Å². The highest BCUT2D eigenvalue weighted by atomic mass is 35.5. The first-order chi connectivity index (χ1) is 16.1. The van der Waals surface area contributed by atoms with Crippen LogP contribution in [0.15, 0.2) is 78.9 Å². The second-order valence-electron chi connectivity index (χ2n) is 8.60. The molecule has 0 amide bonds. The molecule has 3 aromatic carbocycles. The number of piperidine rings is 1. The number of aliphatic hydroxyl groups is 1. The predicted molar refractivity (Wildman–Crippen MR) is 141 cm³/mol. The number of halogens is 4. The van der Waals surface area contributed by atoms with Gasteiger partial charge in [-0.15, -0.1) is 24.8 Å². The molecule has 1 aliphatic rings. The number of aliphatic hydroxyl groups excluding tert-OH is 1. The molecule has 0 radical (unpaired) electrons. The van der Waals surface area contributed by atoms with Crippen LogP contribution >= 0.6 is 24.8 Å². The van der Waals surface area contributed by atoms with Crippen molar-refractivity contribution in [1.82, 2.24) is 4.90 Å². The molecule has 0 bridgehead atoms. The van der Waals surface area contributed by atoms with E-state index in [1.807, 2.05) is 42.5 Å². The Labute approximate surface area is 218 Å². The van der Waals surface area contributed by atoms with Crippen LogP contribution in [0.4, 0.5) is 14.5 Å². The number of para-hydroxylation sites is 1. The number of hydrogen-bond acceptors (Lipinski definition) is 4. The lowest BCUT2D eigenvalue weighted by Gasteiger charge is -2.37. The van der Waals surface area contributed by atoms with Gasteiger partial charge in [0, 0.05) is 12.2 Å². The Bertz CT molecular complexity index is 986. The van der Waals surface area contributed by atoms with Crippen LogP contribution in [0.2, 0.25) is 0 Å². The highest BCUT2D eigenvalue weighted by Crippen LogP contribution is 2.34. The summed E-state index contributed by atoms with van der Waals surface area (Å²) in [5.74, 6) is 0.543. The average molecular weight is 525 g/mol. The third-order valence-electron chi connectivity index (χ3n) is 6.15. The Morgan fingerprint density at radius 2 is 1.43 bits per heavy atom. The molecule has 2 unspecified atom stereocenters. The van der Waals surface area contributed by atoms with Gasteiger partial charge in [-0.1, -0.05) is 30.3 Å². The summed E-state index contributed by atoms with van der Waals surface area (Å²) in [6.07, 6.45) is 1.30. The first-order valence-electron chi connectivity index (χ1n) is 11.4. The number of anilines is 1. The van der Waals surface area contributed by atoms with E-state index in [2.05, 4.69) is 10.2 Å². The smallest absolute Gasteiger partial charge is 0.123 e. The van der Waals surface area contributed by atoms with E-state index in [-0.39, 0.29) is 49.1 Å². The van der Waals surface area contributed by atoms with Gasteiger partial charge in [0.2, 0.25) is 0 Å². The van der Waals surface area contributed by atoms with Crippen LogP contribution in [0.25, 0.3) is 0 Å². The highest BCUT2D eigenvalue weighted by Gasteiger charge is 2.28. The lowest BCUT2D eigenvalue weighted by molar-refractivity contribution is 0.0535. The largest absolute Gasteiger partial charge is 0.491 e. The quantitative estimate of drug-likeness (QED) is 0.354. The zero-order valence-corrected chi connectivity index (χ0v) is 21.0. The van der Waals surface area contributed by atoms with Crippen molar-refractivity contribution in [2.24, 2.45) is 5.92 Å². The molecule has 1 aliphatic heterocycles. The number of rotatable bonds is 9. The molecule has 4 nitrogen and oxygen atoms in total. The summed E-state index contributed by atoms with van der Waals surface area (Å²) < 4.78 is 32.5. The number of benzene rings is 3. The van der Waals surface area contributed by atoms with Gasteiger partial charge in [-0.3, -0.25) is 0 Å². The van der Waals surface area contributed by atoms with Crippen LogP contribution < -0.4 is 10.1 Å². The maximum absolute atomic E-state index is 13.5. The van der Waals surface area contributed by atoms with Crippen LogP contribution in [0.1, 0.15) is 24.4 Å². The van der Waals surface area contributed by atoms with Gasteiger partial charge < -0.3 is 20.1 Å². The van der Waals surface area contributed by atoms with Crippen molar-refractivity contribution in [3.63, 3.8) is 0 Å². The van der Waals surface area contributed by atoms with Crippen LogP contribution in [0.3, 0.4) is 0 Å². The zero-order chi connectivity index (χ0) is 23.0. The summed E-state index contributed by atoms with van der Waals surface area (Å²) in [6.45, 7) is 2.53. The first kappa shape index (κ1) is 28.9. The summed E-state index contributed by atoms with van der Waals surface area (Å²) in [6, 6.07) is 22.4. The molecule has 1 fully saturated rings. The maximum Gasteiger partial charge on any atom is 0.123 e. The average Bonchev–Trinajstić information content (AvgIpc) is 2.84. The third-order valence-corrected chi connectivity index (χ3v) is 6.15. The van der Waals surface area contributed by atoms with Gasteiger partial charge in [-0.2, -0.15) is 0 Å². The van der Waals surface area contributed by atoms with Gasteiger partial charge in [-0.25, -0.2) is 8.78 Å². The number of β-amino-alcohol motifs (C(OH)–C–C–N with tert-alkyl or cyclic N) is 1. The minimum absolute atomic E-state index is 0. The molecule has 190 valence electrons. The Balaban J connectivity index is 0.00000216. The van der Waals surface area contributed by atoms with Crippen molar-refractivity contribution in [2.45, 2.75) is 25.0 Å². The number of likely N-dealkylation sites (tertiary alicyclic amines) is 1. The molecule has 3 aromatic rings. The molecule has 35 heavy (non-hydrogen) atoms. The summed E-state index contributed by atoms with van der Waals surface area (Å²) in [7, 11) is 0. The number of hydrogen-bond donors (Lipinski definition) is 2. The van der Waals surface area contributed by atoms with Crippen LogP contribution in [-0.2, 0) is 0 Å². The number of ether oxygens (including phenoxy) is 1. The van der Waals surface area contributed by atoms with Crippen molar-refractivity contribution in [2.75, 3.05) is 31.6 Å². The predicted octanol–water partition coefficient (Wildman–Crippen LogP) is 6.11. The molecule has 2 atom stereocenters. The minimum atomic E-state index is -0.563. The van der Waals surface area contributed by atoms with E-state index in [1.54, 1.807) is 12.1 Å². The van der Waals surface area contributed by atoms with E-state index in [0.717, 1.165) is 42.9 Å². The summed E-state index contributed by atoms with van der Waals surface area (Å²) in [5, 5.41) is 13.9. The molecular formula is C27H32Cl2F2N2O2. The Morgan fingerprint density at radius 1 is 0.857 bits per heavy atom. The number of nitrogens with zero attached hydrogens (tertiary/aromatic N) is 1. The third kappa shape index (κ3) is 8.65. The van der Waals surface area contributed by atoms with Gasteiger partial charge in [0.25, 0.3) is 0 Å². The molecule has 0 aromatic heterocycles. The fraction of sp³-hybridized carbons (Fsp3) is 0.333. The van der Waals surface area contributed by atoms with E-state index in [4.69, 9.17) is 4.74 Å². The maximum atomic E-state index is 13.5. The highest BCUT2D eigenvalue weighted by molar-refractivity contribution is 5.85. The Morgan fingerprint density at radius 3 is 2.03 bits per heavy atom. The summed E-state index contributed by atoms with van der Waals surface area (Å²) >= 11 is 0. The number of nitrogens with one attached hydrogen (secondary N) is 1. The Kier molecular flexibility index (Phi) is 11.7. The van der Waals surface area contributed by atoms with Gasteiger partial charge in [0.1, 0.15) is 30.1 Å². The summed E-state index contributed by atoms with van der Waals surface area (Å²) in [5.41, 5.74) is 1.84. The fourth-order valence-corrected chi connectivity index (χ4v) is 4.40. The molecule has 1 saturated heterocycles. The van der Waals surface area contributed by atoms with Crippen LogP contribution in [0, 0.1) is 17.6 Å². The normalized spacial score (nSPS) is 15.9. The molecule has 1 heterocycles. The second kappa shape index (κ2) is 14.2. The van der Waals surface area contributed by atoms with Crippen molar-refractivity contribution in [3.8, 4) is 5.75 Å². The van der Waals surface area contributed by atoms with E-state index in [9.17, 15) is 13.9 Å². The minimum Gasteiger partial charge on any atom is -0.491 e. The van der Waals surface area contributed by atoms with Crippen molar-refractivity contribution in [1.29, 1.82) is 0 Å². The zero-order valence-electron chi connectivity index (χ0n) is 19.4. The monoisotopic (exact) mass is 524 g/mol. The Hall–Kier alpha value is -2.38. The van der Waals surface area contributed by atoms with Crippen molar-refractivity contribution >= 4 is 30.5 Å². The SMILES string of the molecule is Cl.Cl.OC(COc1ccccc1)CN1CCC(C(Nc2ccc(F)cc2)c2ccc(F)cc2)CC1. The molecular weight excluding hydrogens is 493 g/mol. The molecule has 8 heteroatoms. The van der Waals surface area contributed by atoms with E-state index in [1.165, 1.54) is 24.3 Å². The van der Waals surface area contributed by atoms with E-state index in [0.29, 0.717) is 12.5 Å².